The van der Waals surface area contributed by atoms with Crippen LogP contribution in [0.25, 0.3) is 15.0 Å². The Balaban J connectivity index is 1.39. The Morgan fingerprint density at radius 2 is 1.93 bits per heavy atom. The van der Waals surface area contributed by atoms with Crippen LogP contribution in [0.1, 0.15) is 36.0 Å². The largest absolute Gasteiger partial charge is 0.442 e. The van der Waals surface area contributed by atoms with Gasteiger partial charge in [0.2, 0.25) is 0 Å². The second-order valence-electron chi connectivity index (χ2n) is 7.71. The molecule has 0 radical (unpaired) electrons. The second kappa shape index (κ2) is 6.25. The standard InChI is InChI=1S/C24H21O2S/c1-2-24(16-17-7-10-20(24)15-17)26-23(25)19-8-11-21(12-9-19)27-14-13-18-5-3-4-6-22(18)27/h1,3-6,8-9,11-14,17,20H,7,10,15-16H2/q+1. The highest BCUT2D eigenvalue weighted by atomic mass is 32.2. The van der Waals surface area contributed by atoms with Gasteiger partial charge in [-0.05, 0) is 61.6 Å². The van der Waals surface area contributed by atoms with Crippen LogP contribution in [-0.4, -0.2) is 11.6 Å². The van der Waals surface area contributed by atoms with E-state index < -0.39 is 5.60 Å². The summed E-state index contributed by atoms with van der Waals surface area (Å²) in [7, 11) is -0.0673. The number of carbonyl (C=O) groups is 1. The Morgan fingerprint density at radius 3 is 2.63 bits per heavy atom. The van der Waals surface area contributed by atoms with Crippen LogP contribution in [0.15, 0.2) is 60.0 Å². The summed E-state index contributed by atoms with van der Waals surface area (Å²) in [5.74, 6) is 3.48. The fourth-order valence-electron chi connectivity index (χ4n) is 4.81. The molecule has 5 rings (SSSR count). The molecule has 4 atom stereocenters. The topological polar surface area (TPSA) is 26.3 Å². The second-order valence-corrected chi connectivity index (χ2v) is 9.57. The van der Waals surface area contributed by atoms with Crippen molar-refractivity contribution in [3.05, 3.63) is 65.5 Å². The molecule has 1 aromatic heterocycles. The van der Waals surface area contributed by atoms with Crippen molar-refractivity contribution in [1.29, 1.82) is 0 Å². The van der Waals surface area contributed by atoms with Crippen LogP contribution in [0.5, 0.6) is 0 Å². The molecular formula is C24H21O2S+. The van der Waals surface area contributed by atoms with Crippen LogP contribution in [0, 0.1) is 24.2 Å². The van der Waals surface area contributed by atoms with E-state index in [9.17, 15) is 4.79 Å². The number of hydrogen-bond acceptors (Lipinski definition) is 2. The molecule has 0 saturated heterocycles. The fourth-order valence-corrected chi connectivity index (χ4v) is 6.70. The summed E-state index contributed by atoms with van der Waals surface area (Å²) < 4.78 is 7.24. The SMILES string of the molecule is C#CC1(OC(=O)c2ccc(-[s+]3ccc4ccccc43)cc2)CC2CCC1C2. The van der Waals surface area contributed by atoms with Gasteiger partial charge in [-0.3, -0.25) is 0 Å². The summed E-state index contributed by atoms with van der Waals surface area (Å²) >= 11 is 0. The van der Waals surface area contributed by atoms with Crippen molar-refractivity contribution in [2.24, 2.45) is 11.8 Å². The van der Waals surface area contributed by atoms with E-state index in [1.54, 1.807) is 0 Å². The summed E-state index contributed by atoms with van der Waals surface area (Å²) in [5, 5.41) is 3.51. The number of hydrogen-bond donors (Lipinski definition) is 0. The third-order valence-corrected chi connectivity index (χ3v) is 8.23. The van der Waals surface area contributed by atoms with E-state index >= 15 is 0 Å². The maximum absolute atomic E-state index is 12.7. The normalized spacial score (nSPS) is 26.9. The van der Waals surface area contributed by atoms with Crippen molar-refractivity contribution in [2.45, 2.75) is 31.3 Å². The minimum Gasteiger partial charge on any atom is -0.442 e. The van der Waals surface area contributed by atoms with Gasteiger partial charge in [0.05, 0.1) is 5.56 Å². The maximum atomic E-state index is 12.7. The fraction of sp³-hybridized carbons (Fsp3) is 0.292. The van der Waals surface area contributed by atoms with E-state index in [2.05, 4.69) is 41.6 Å². The first kappa shape index (κ1) is 16.6. The minimum absolute atomic E-state index is 0.0673. The van der Waals surface area contributed by atoms with Crippen LogP contribution >= 0.6 is 10.5 Å². The zero-order valence-corrected chi connectivity index (χ0v) is 15.9. The summed E-state index contributed by atoms with van der Waals surface area (Å²) in [6.45, 7) is 0. The lowest BCUT2D eigenvalue weighted by Crippen LogP contribution is -2.39. The molecule has 2 saturated carbocycles. The number of fused-ring (bicyclic) bond motifs is 3. The molecule has 27 heavy (non-hydrogen) atoms. The van der Waals surface area contributed by atoms with Gasteiger partial charge in [0.25, 0.3) is 0 Å². The van der Waals surface area contributed by atoms with Gasteiger partial charge in [-0.25, -0.2) is 4.79 Å². The van der Waals surface area contributed by atoms with Crippen molar-refractivity contribution < 1.29 is 9.53 Å². The molecule has 0 spiro atoms. The lowest BCUT2D eigenvalue weighted by Gasteiger charge is -2.32. The first-order chi connectivity index (χ1) is 13.2. The van der Waals surface area contributed by atoms with Crippen molar-refractivity contribution in [1.82, 2.24) is 0 Å². The molecule has 2 bridgehead atoms. The summed E-state index contributed by atoms with van der Waals surface area (Å²) in [6, 6.07) is 18.4. The third-order valence-electron chi connectivity index (χ3n) is 6.20. The average molecular weight is 373 g/mol. The van der Waals surface area contributed by atoms with Crippen LogP contribution < -0.4 is 0 Å². The van der Waals surface area contributed by atoms with Crippen molar-refractivity contribution in [3.8, 4) is 17.2 Å². The first-order valence-electron chi connectivity index (χ1n) is 9.50. The molecule has 134 valence electrons. The highest BCUT2D eigenvalue weighted by Crippen LogP contribution is 2.52. The van der Waals surface area contributed by atoms with Gasteiger partial charge in [-0.1, -0.05) is 18.1 Å². The van der Waals surface area contributed by atoms with Crippen LogP contribution in [-0.2, 0) is 4.74 Å². The Kier molecular flexibility index (Phi) is 3.84. The molecule has 0 aliphatic heterocycles. The van der Waals surface area contributed by atoms with Gasteiger partial charge in [-0.15, -0.1) is 6.42 Å². The van der Waals surface area contributed by atoms with E-state index in [0.29, 0.717) is 17.4 Å². The van der Waals surface area contributed by atoms with E-state index in [-0.39, 0.29) is 16.4 Å². The maximum Gasteiger partial charge on any atom is 0.339 e. The van der Waals surface area contributed by atoms with Crippen molar-refractivity contribution in [3.63, 3.8) is 0 Å². The smallest absolute Gasteiger partial charge is 0.339 e. The predicted octanol–water partition coefficient (Wildman–Crippen LogP) is 5.93. The lowest BCUT2D eigenvalue weighted by molar-refractivity contribution is -0.0150. The van der Waals surface area contributed by atoms with Gasteiger partial charge in [-0.2, -0.15) is 0 Å². The van der Waals surface area contributed by atoms with Crippen LogP contribution in [0.2, 0.25) is 0 Å². The van der Waals surface area contributed by atoms with E-state index in [4.69, 9.17) is 11.2 Å². The Labute approximate surface area is 162 Å². The molecule has 2 aromatic carbocycles. The van der Waals surface area contributed by atoms with Gasteiger partial charge < -0.3 is 4.74 Å². The van der Waals surface area contributed by atoms with E-state index in [1.165, 1.54) is 21.4 Å². The summed E-state index contributed by atoms with van der Waals surface area (Å²) in [6.07, 6.45) is 10.0. The molecule has 2 aliphatic carbocycles. The summed E-state index contributed by atoms with van der Waals surface area (Å²) in [4.78, 5) is 14.0. The first-order valence-corrected chi connectivity index (χ1v) is 10.8. The van der Waals surface area contributed by atoms with E-state index in [1.807, 2.05) is 24.3 Å². The van der Waals surface area contributed by atoms with Gasteiger partial charge in [0.15, 0.2) is 15.2 Å². The molecule has 2 nitrogen and oxygen atoms in total. The monoisotopic (exact) mass is 373 g/mol. The number of benzene rings is 2. The molecule has 2 aliphatic rings. The molecule has 4 unspecified atom stereocenters. The van der Waals surface area contributed by atoms with Crippen LogP contribution in [0.4, 0.5) is 0 Å². The quantitative estimate of drug-likeness (QED) is 0.323. The van der Waals surface area contributed by atoms with Gasteiger partial charge >= 0.3 is 5.97 Å². The molecular weight excluding hydrogens is 352 g/mol. The van der Waals surface area contributed by atoms with Crippen molar-refractivity contribution >= 4 is 26.5 Å². The number of thiophene rings is 1. The van der Waals surface area contributed by atoms with Crippen molar-refractivity contribution in [2.75, 3.05) is 0 Å². The predicted molar refractivity (Wildman–Crippen MR) is 110 cm³/mol. The number of ether oxygens (including phenoxy) is 1. The Hall–Kier alpha value is -2.57. The molecule has 3 aromatic rings. The Morgan fingerprint density at radius 1 is 1.11 bits per heavy atom. The highest BCUT2D eigenvalue weighted by Gasteiger charge is 2.53. The number of carbonyl (C=O) groups excluding carboxylic acids is 1. The zero-order chi connectivity index (χ0) is 18.4. The zero-order valence-electron chi connectivity index (χ0n) is 15.1. The number of esters is 1. The highest BCUT2D eigenvalue weighted by molar-refractivity contribution is 7.43. The lowest BCUT2D eigenvalue weighted by atomic mass is 9.84. The number of terminal acetylenes is 1. The Bertz CT molecular complexity index is 1060. The van der Waals surface area contributed by atoms with Crippen LogP contribution in [0.3, 0.4) is 0 Å². The minimum atomic E-state index is -0.687. The summed E-state index contributed by atoms with van der Waals surface area (Å²) in [5.41, 5.74) is -0.107. The molecule has 3 heteroatoms. The third kappa shape index (κ3) is 2.67. The molecule has 1 heterocycles. The molecule has 2 fully saturated rings. The van der Waals surface area contributed by atoms with Gasteiger partial charge in [0.1, 0.15) is 5.38 Å². The molecule has 0 amide bonds. The molecule has 0 N–H and O–H groups in total. The van der Waals surface area contributed by atoms with E-state index in [0.717, 1.165) is 19.3 Å². The van der Waals surface area contributed by atoms with Gasteiger partial charge in [0, 0.05) is 34.3 Å². The average Bonchev–Trinajstić information content (AvgIpc) is 3.42. The number of rotatable bonds is 3.